The molecule has 0 heterocycles. The lowest BCUT2D eigenvalue weighted by Crippen LogP contribution is -2.45. The van der Waals surface area contributed by atoms with E-state index in [9.17, 15) is 24.2 Å². The lowest BCUT2D eigenvalue weighted by atomic mass is 10.0. The number of phosphoric ester groups is 1. The number of nitrogens with one attached hydrogen (secondary N) is 1. The van der Waals surface area contributed by atoms with E-state index < -0.39 is 20.0 Å². The van der Waals surface area contributed by atoms with Crippen molar-refractivity contribution < 1.29 is 37.7 Å². The fourth-order valence-corrected chi connectivity index (χ4v) is 6.08. The minimum atomic E-state index is -4.36. The summed E-state index contributed by atoms with van der Waals surface area (Å²) < 4.78 is 23.4. The van der Waals surface area contributed by atoms with Gasteiger partial charge < -0.3 is 19.8 Å². The summed E-state index contributed by atoms with van der Waals surface area (Å²) in [5, 5.41) is 13.7. The number of phosphoric acid groups is 1. The molecule has 53 heavy (non-hydrogen) atoms. The molecule has 0 spiro atoms. The van der Waals surface area contributed by atoms with Crippen molar-refractivity contribution >= 4 is 19.5 Å². The zero-order valence-electron chi connectivity index (χ0n) is 34.2. The van der Waals surface area contributed by atoms with Gasteiger partial charge in [-0.1, -0.05) is 146 Å². The van der Waals surface area contributed by atoms with Crippen LogP contribution in [0.4, 0.5) is 0 Å². The molecule has 1 amide bonds. The summed E-state index contributed by atoms with van der Waals surface area (Å²) in [6.07, 6.45) is 39.8. The van der Waals surface area contributed by atoms with E-state index in [4.69, 9.17) is 9.05 Å². The van der Waals surface area contributed by atoms with Crippen LogP contribution < -0.4 is 5.32 Å². The predicted octanol–water partition coefficient (Wildman–Crippen LogP) is 10.3. The molecule has 0 aliphatic carbocycles. The molecule has 3 N–H and O–H groups in total. The van der Waals surface area contributed by atoms with Crippen LogP contribution in [0.3, 0.4) is 0 Å². The highest BCUT2D eigenvalue weighted by Gasteiger charge is 2.27. The van der Waals surface area contributed by atoms with Crippen molar-refractivity contribution in [2.24, 2.45) is 0 Å². The van der Waals surface area contributed by atoms with E-state index >= 15 is 0 Å². The van der Waals surface area contributed by atoms with Gasteiger partial charge in [-0.05, 0) is 51.0 Å². The maximum absolute atomic E-state index is 12.8. The Kier molecular flexibility index (Phi) is 33.0. The summed E-state index contributed by atoms with van der Waals surface area (Å²) in [5.74, 6) is -0.0812. The second-order valence-corrected chi connectivity index (χ2v) is 16.5. The number of hydrogen-bond donors (Lipinski definition) is 3. The normalized spacial score (nSPS) is 15.0. The Labute approximate surface area is 324 Å². The molecule has 0 fully saturated rings. The zero-order valence-corrected chi connectivity index (χ0v) is 35.1. The summed E-state index contributed by atoms with van der Waals surface area (Å²) >= 11 is 0. The lowest BCUT2D eigenvalue weighted by Gasteiger charge is -2.25. The van der Waals surface area contributed by atoms with Crippen LogP contribution in [0.1, 0.15) is 149 Å². The van der Waals surface area contributed by atoms with Gasteiger partial charge in [-0.25, -0.2) is 4.57 Å². The molecule has 0 radical (unpaired) electrons. The van der Waals surface area contributed by atoms with Crippen molar-refractivity contribution in [2.45, 2.75) is 161 Å². The number of ketones is 1. The van der Waals surface area contributed by atoms with Gasteiger partial charge in [-0.3, -0.25) is 18.6 Å². The van der Waals surface area contributed by atoms with Crippen molar-refractivity contribution in [3.63, 3.8) is 0 Å². The molecule has 0 saturated carbocycles. The second-order valence-electron chi connectivity index (χ2n) is 15.0. The van der Waals surface area contributed by atoms with Gasteiger partial charge in [0.05, 0.1) is 39.9 Å². The monoisotopic (exact) mass is 766 g/mol. The first-order chi connectivity index (χ1) is 25.4. The molecule has 0 aromatic rings. The van der Waals surface area contributed by atoms with Crippen LogP contribution in [0.2, 0.25) is 0 Å². The van der Waals surface area contributed by atoms with E-state index in [2.05, 4.69) is 37.4 Å². The Morgan fingerprint density at radius 1 is 0.698 bits per heavy atom. The van der Waals surface area contributed by atoms with Crippen LogP contribution >= 0.6 is 7.82 Å². The highest BCUT2D eigenvalue weighted by molar-refractivity contribution is 7.47. The maximum atomic E-state index is 12.8. The number of carbonyl (C=O) groups excluding carboxylic acids is 2. The van der Waals surface area contributed by atoms with E-state index in [1.54, 1.807) is 18.2 Å². The van der Waals surface area contributed by atoms with Crippen LogP contribution in [-0.2, 0) is 23.2 Å². The highest BCUT2D eigenvalue weighted by Crippen LogP contribution is 2.43. The average Bonchev–Trinajstić information content (AvgIpc) is 3.10. The van der Waals surface area contributed by atoms with Gasteiger partial charge in [0.1, 0.15) is 13.2 Å². The number of unbranched alkanes of at least 4 members (excludes halogenated alkanes) is 14. The van der Waals surface area contributed by atoms with Gasteiger partial charge in [0, 0.05) is 12.8 Å². The van der Waals surface area contributed by atoms with E-state index in [-0.39, 0.29) is 31.3 Å². The van der Waals surface area contributed by atoms with E-state index in [1.165, 1.54) is 57.8 Å². The molecule has 306 valence electrons. The van der Waals surface area contributed by atoms with E-state index in [0.717, 1.165) is 57.8 Å². The standard InChI is InChI=1S/C43H77N2O7P/c1-6-8-10-11-12-13-14-15-18-21-24-27-31-35-42(47)41(39-52-53(49,50)51-38-37-45(3,4)5)44-43(48)36-32-28-25-22-19-16-17-20-23-26-30-34-40(46)33-29-9-7-2/h16-17,22-23,25-26,30-31,34-35,41-42,47H,6-15,18-21,24,27-29,32-33,36-39H2,1-5H3,(H-,44,48,49,50)/p+1/b17-16-,25-22-,26-23-,34-30+,35-31+/t41-,42+/m0/s1. The van der Waals surface area contributed by atoms with Crippen LogP contribution in [0.5, 0.6) is 0 Å². The molecule has 0 saturated heterocycles. The van der Waals surface area contributed by atoms with Crippen LogP contribution in [0.15, 0.2) is 60.8 Å². The number of aliphatic hydroxyl groups is 1. The van der Waals surface area contributed by atoms with Gasteiger partial charge in [0.15, 0.2) is 5.78 Å². The summed E-state index contributed by atoms with van der Waals surface area (Å²) in [6.45, 7) is 4.57. The first kappa shape index (κ1) is 50.9. The summed E-state index contributed by atoms with van der Waals surface area (Å²) in [5.41, 5.74) is 0. The summed E-state index contributed by atoms with van der Waals surface area (Å²) in [6, 6.07) is -0.893. The molecule has 0 aliphatic heterocycles. The number of allylic oxidation sites excluding steroid dienone is 9. The largest absolute Gasteiger partial charge is 0.472 e. The SMILES string of the molecule is CCCCCCCCCCCCC/C=C/[C@@H](O)[C@H](COP(=O)(O)OCC[N+](C)(C)C)NC(=O)CCC/C=C\C/C=C\C/C=C\C=C\C(=O)CCCCC. The number of carbonyl (C=O) groups is 2. The topological polar surface area (TPSA) is 122 Å². The summed E-state index contributed by atoms with van der Waals surface area (Å²) in [7, 11) is 1.49. The number of quaternary nitrogens is 1. The van der Waals surface area contributed by atoms with Gasteiger partial charge in [0.25, 0.3) is 0 Å². The fourth-order valence-electron chi connectivity index (χ4n) is 5.34. The number of rotatable bonds is 36. The van der Waals surface area contributed by atoms with Crippen molar-refractivity contribution in [3.05, 3.63) is 60.8 Å². The van der Waals surface area contributed by atoms with Crippen molar-refractivity contribution in [1.82, 2.24) is 5.32 Å². The Morgan fingerprint density at radius 2 is 1.26 bits per heavy atom. The first-order valence-electron chi connectivity index (χ1n) is 20.6. The zero-order chi connectivity index (χ0) is 39.5. The second kappa shape index (κ2) is 34.4. The molecular weight excluding hydrogens is 687 g/mol. The van der Waals surface area contributed by atoms with Gasteiger partial charge in [-0.2, -0.15) is 0 Å². The van der Waals surface area contributed by atoms with Gasteiger partial charge in [0.2, 0.25) is 5.91 Å². The molecule has 0 bridgehead atoms. The number of hydrogen-bond acceptors (Lipinski definition) is 6. The van der Waals surface area contributed by atoms with Crippen molar-refractivity contribution in [2.75, 3.05) is 40.9 Å². The molecule has 0 aromatic heterocycles. The molecule has 0 aliphatic rings. The Hall–Kier alpha value is -2.13. The quantitative estimate of drug-likeness (QED) is 0.0145. The fraction of sp³-hybridized carbons (Fsp3) is 0.721. The molecule has 9 nitrogen and oxygen atoms in total. The third-order valence-electron chi connectivity index (χ3n) is 8.71. The number of aliphatic hydroxyl groups excluding tert-OH is 1. The van der Waals surface area contributed by atoms with Crippen molar-refractivity contribution in [1.29, 1.82) is 0 Å². The van der Waals surface area contributed by atoms with Crippen molar-refractivity contribution in [3.8, 4) is 0 Å². The summed E-state index contributed by atoms with van der Waals surface area (Å²) in [4.78, 5) is 34.7. The van der Waals surface area contributed by atoms with Gasteiger partial charge in [-0.15, -0.1) is 0 Å². The number of likely N-dealkylation sites (N-methyl/N-ethyl adjacent to an activating group) is 1. The predicted molar refractivity (Wildman–Crippen MR) is 222 cm³/mol. The maximum Gasteiger partial charge on any atom is 0.472 e. The third kappa shape index (κ3) is 36.6. The van der Waals surface area contributed by atoms with Crippen LogP contribution in [0.25, 0.3) is 0 Å². The molecule has 0 aromatic carbocycles. The van der Waals surface area contributed by atoms with Crippen LogP contribution in [0, 0.1) is 0 Å². The minimum absolute atomic E-state index is 0.0379. The lowest BCUT2D eigenvalue weighted by molar-refractivity contribution is -0.870. The Morgan fingerprint density at radius 3 is 1.91 bits per heavy atom. The molecule has 10 heteroatoms. The smallest absolute Gasteiger partial charge is 0.387 e. The van der Waals surface area contributed by atoms with E-state index in [1.807, 2.05) is 45.4 Å². The first-order valence-corrected chi connectivity index (χ1v) is 22.1. The molecule has 1 unspecified atom stereocenters. The molecule has 3 atom stereocenters. The number of amides is 1. The van der Waals surface area contributed by atoms with Gasteiger partial charge >= 0.3 is 7.82 Å². The Bertz CT molecular complexity index is 1110. The van der Waals surface area contributed by atoms with E-state index in [0.29, 0.717) is 23.9 Å². The average molecular weight is 766 g/mol. The highest BCUT2D eigenvalue weighted by atomic mass is 31.2. The third-order valence-corrected chi connectivity index (χ3v) is 9.69. The Balaban J connectivity index is 4.65. The molecule has 0 rings (SSSR count). The van der Waals surface area contributed by atoms with Crippen LogP contribution in [-0.4, -0.2) is 79.2 Å². The number of nitrogens with zero attached hydrogens (tertiary/aromatic N) is 1. The molecular formula is C43H78N2O7P+. The minimum Gasteiger partial charge on any atom is -0.387 e.